The molecule has 1 aromatic rings. The Kier molecular flexibility index (Phi) is 4.54. The van der Waals surface area contributed by atoms with Crippen LogP contribution in [0.2, 0.25) is 5.02 Å². The molecule has 0 bridgehead atoms. The predicted molar refractivity (Wildman–Crippen MR) is 86.9 cm³/mol. The van der Waals surface area contributed by atoms with E-state index < -0.39 is 0 Å². The molecule has 0 saturated carbocycles. The van der Waals surface area contributed by atoms with E-state index in [0.29, 0.717) is 16.5 Å². The minimum atomic E-state index is 0.146. The molecule has 0 radical (unpaired) electrons. The highest BCUT2D eigenvalue weighted by Gasteiger charge is 2.30. The lowest BCUT2D eigenvalue weighted by Gasteiger charge is -2.35. The molecule has 22 heavy (non-hydrogen) atoms. The summed E-state index contributed by atoms with van der Waals surface area (Å²) in [5, 5.41) is 9.84. The molecule has 0 N–H and O–H groups in total. The van der Waals surface area contributed by atoms with Crippen LogP contribution in [0.1, 0.15) is 31.2 Å². The number of benzene rings is 1. The summed E-state index contributed by atoms with van der Waals surface area (Å²) in [4.78, 5) is 16.7. The molecule has 116 valence electrons. The molecule has 1 amide bonds. The molecular formula is C17H20ClN3O. The van der Waals surface area contributed by atoms with Crippen LogP contribution in [0.4, 0.5) is 5.69 Å². The second-order valence-electron chi connectivity index (χ2n) is 6.07. The van der Waals surface area contributed by atoms with Crippen LogP contribution in [0.25, 0.3) is 0 Å². The number of rotatable bonds is 2. The minimum Gasteiger partial charge on any atom is -0.370 e. The largest absolute Gasteiger partial charge is 0.370 e. The van der Waals surface area contributed by atoms with Crippen molar-refractivity contribution in [3.63, 3.8) is 0 Å². The summed E-state index contributed by atoms with van der Waals surface area (Å²) in [6.45, 7) is 3.49. The summed E-state index contributed by atoms with van der Waals surface area (Å²) >= 11 is 5.95. The highest BCUT2D eigenvalue weighted by molar-refractivity contribution is 6.30. The van der Waals surface area contributed by atoms with Gasteiger partial charge >= 0.3 is 0 Å². The van der Waals surface area contributed by atoms with Gasteiger partial charge in [-0.2, -0.15) is 5.26 Å². The number of nitrogens with zero attached hydrogens (tertiary/aromatic N) is 3. The van der Waals surface area contributed by atoms with Gasteiger partial charge in [-0.3, -0.25) is 4.79 Å². The van der Waals surface area contributed by atoms with Gasteiger partial charge < -0.3 is 9.80 Å². The van der Waals surface area contributed by atoms with Gasteiger partial charge in [-0.25, -0.2) is 0 Å². The number of anilines is 1. The maximum Gasteiger partial charge on any atom is 0.225 e. The summed E-state index contributed by atoms with van der Waals surface area (Å²) < 4.78 is 0. The number of hydrogen-bond donors (Lipinski definition) is 0. The summed E-state index contributed by atoms with van der Waals surface area (Å²) in [6.07, 6.45) is 4.01. The van der Waals surface area contributed by atoms with Crippen LogP contribution in [0, 0.1) is 17.2 Å². The maximum absolute atomic E-state index is 12.4. The molecule has 3 rings (SSSR count). The Morgan fingerprint density at radius 2 is 1.86 bits per heavy atom. The van der Waals surface area contributed by atoms with Gasteiger partial charge in [-0.05, 0) is 43.9 Å². The van der Waals surface area contributed by atoms with Gasteiger partial charge in [0.15, 0.2) is 0 Å². The lowest BCUT2D eigenvalue weighted by Crippen LogP contribution is -2.41. The first-order valence-electron chi connectivity index (χ1n) is 7.92. The molecule has 2 aliphatic rings. The first kappa shape index (κ1) is 15.2. The summed E-state index contributed by atoms with van der Waals surface area (Å²) in [6, 6.07) is 7.64. The minimum absolute atomic E-state index is 0.146. The summed E-state index contributed by atoms with van der Waals surface area (Å²) in [7, 11) is 0. The SMILES string of the molecule is N#Cc1cc(Cl)ccc1N1CCC(C(=O)N2CCCC2)CC1. The molecule has 2 heterocycles. The number of amides is 1. The first-order chi connectivity index (χ1) is 10.7. The van der Waals surface area contributed by atoms with Crippen molar-refractivity contribution in [1.82, 2.24) is 4.90 Å². The van der Waals surface area contributed by atoms with Crippen molar-refractivity contribution in [2.75, 3.05) is 31.1 Å². The quantitative estimate of drug-likeness (QED) is 0.842. The van der Waals surface area contributed by atoms with E-state index in [9.17, 15) is 10.1 Å². The summed E-state index contributed by atoms with van der Waals surface area (Å²) in [5.41, 5.74) is 1.54. The van der Waals surface area contributed by atoms with Gasteiger partial charge in [-0.15, -0.1) is 0 Å². The van der Waals surface area contributed by atoms with Crippen LogP contribution < -0.4 is 4.90 Å². The fraction of sp³-hybridized carbons (Fsp3) is 0.529. The highest BCUT2D eigenvalue weighted by Crippen LogP contribution is 2.29. The monoisotopic (exact) mass is 317 g/mol. The average Bonchev–Trinajstić information content (AvgIpc) is 3.08. The van der Waals surface area contributed by atoms with Gasteiger partial charge in [0.25, 0.3) is 0 Å². The predicted octanol–water partition coefficient (Wildman–Crippen LogP) is 3.05. The molecule has 2 saturated heterocycles. The molecule has 2 fully saturated rings. The number of piperidine rings is 1. The Hall–Kier alpha value is -1.73. The van der Waals surface area contributed by atoms with Crippen molar-refractivity contribution in [2.24, 2.45) is 5.92 Å². The van der Waals surface area contributed by atoms with E-state index in [4.69, 9.17) is 11.6 Å². The number of halogens is 1. The first-order valence-corrected chi connectivity index (χ1v) is 8.30. The van der Waals surface area contributed by atoms with E-state index in [2.05, 4.69) is 11.0 Å². The standard InChI is InChI=1S/C17H20ClN3O/c18-15-3-4-16(14(11-15)12-19)20-9-5-13(6-10-20)17(22)21-7-1-2-8-21/h3-4,11,13H,1-2,5-10H2. The third-order valence-electron chi connectivity index (χ3n) is 4.68. The smallest absolute Gasteiger partial charge is 0.225 e. The molecule has 0 aromatic heterocycles. The van der Waals surface area contributed by atoms with Crippen LogP contribution >= 0.6 is 11.6 Å². The van der Waals surface area contributed by atoms with Gasteiger partial charge in [0.2, 0.25) is 5.91 Å². The van der Waals surface area contributed by atoms with E-state index in [1.54, 1.807) is 6.07 Å². The Balaban J connectivity index is 1.64. The molecule has 5 heteroatoms. The fourth-order valence-electron chi connectivity index (χ4n) is 3.44. The lowest BCUT2D eigenvalue weighted by molar-refractivity contribution is -0.135. The van der Waals surface area contributed by atoms with E-state index in [0.717, 1.165) is 57.5 Å². The van der Waals surface area contributed by atoms with E-state index >= 15 is 0 Å². The fourth-order valence-corrected chi connectivity index (χ4v) is 3.61. The van der Waals surface area contributed by atoms with Gasteiger partial charge in [0.05, 0.1) is 11.3 Å². The van der Waals surface area contributed by atoms with Crippen LogP contribution in [0.5, 0.6) is 0 Å². The molecule has 0 aliphatic carbocycles. The Labute approximate surface area is 136 Å². The van der Waals surface area contributed by atoms with Crippen LogP contribution in [0.3, 0.4) is 0 Å². The molecule has 0 spiro atoms. The van der Waals surface area contributed by atoms with Crippen molar-refractivity contribution in [1.29, 1.82) is 5.26 Å². The molecule has 4 nitrogen and oxygen atoms in total. The zero-order valence-corrected chi connectivity index (χ0v) is 13.4. The third-order valence-corrected chi connectivity index (χ3v) is 4.92. The van der Waals surface area contributed by atoms with E-state index in [1.165, 1.54) is 0 Å². The van der Waals surface area contributed by atoms with Gasteiger partial charge in [0, 0.05) is 37.1 Å². The van der Waals surface area contributed by atoms with Crippen LogP contribution in [-0.4, -0.2) is 37.0 Å². The van der Waals surface area contributed by atoms with Crippen molar-refractivity contribution in [3.05, 3.63) is 28.8 Å². The lowest BCUT2D eigenvalue weighted by atomic mass is 9.94. The van der Waals surface area contributed by atoms with Gasteiger partial charge in [0.1, 0.15) is 6.07 Å². The van der Waals surface area contributed by atoms with E-state index in [1.807, 2.05) is 17.0 Å². The Morgan fingerprint density at radius 3 is 2.50 bits per heavy atom. The highest BCUT2D eigenvalue weighted by atomic mass is 35.5. The molecule has 1 aromatic carbocycles. The summed E-state index contributed by atoms with van der Waals surface area (Å²) in [5.74, 6) is 0.473. The normalized spacial score (nSPS) is 19.3. The maximum atomic E-state index is 12.4. The van der Waals surface area contributed by atoms with Crippen molar-refractivity contribution in [3.8, 4) is 6.07 Å². The second kappa shape index (κ2) is 6.58. The topological polar surface area (TPSA) is 47.3 Å². The number of likely N-dealkylation sites (tertiary alicyclic amines) is 1. The van der Waals surface area contributed by atoms with E-state index in [-0.39, 0.29) is 5.92 Å². The molecular weight excluding hydrogens is 298 g/mol. The zero-order chi connectivity index (χ0) is 15.5. The third kappa shape index (κ3) is 3.05. The van der Waals surface area contributed by atoms with Crippen molar-refractivity contribution in [2.45, 2.75) is 25.7 Å². The number of nitriles is 1. The number of carbonyl (C=O) groups excluding carboxylic acids is 1. The van der Waals surface area contributed by atoms with Crippen molar-refractivity contribution < 1.29 is 4.79 Å². The zero-order valence-electron chi connectivity index (χ0n) is 12.6. The average molecular weight is 318 g/mol. The Morgan fingerprint density at radius 1 is 1.18 bits per heavy atom. The second-order valence-corrected chi connectivity index (χ2v) is 6.50. The Bertz CT molecular complexity index is 596. The molecule has 0 atom stereocenters. The number of hydrogen-bond acceptors (Lipinski definition) is 3. The van der Waals surface area contributed by atoms with Gasteiger partial charge in [-0.1, -0.05) is 11.6 Å². The molecule has 0 unspecified atom stereocenters. The van der Waals surface area contributed by atoms with Crippen LogP contribution in [-0.2, 0) is 4.79 Å². The molecule has 2 aliphatic heterocycles. The van der Waals surface area contributed by atoms with Crippen LogP contribution in [0.15, 0.2) is 18.2 Å². The van der Waals surface area contributed by atoms with Crippen molar-refractivity contribution >= 4 is 23.2 Å². The number of carbonyl (C=O) groups is 1.